The van der Waals surface area contributed by atoms with Crippen LogP contribution in [0.25, 0.3) is 0 Å². The fraction of sp³-hybridized carbons (Fsp3) is 0.571. The lowest BCUT2D eigenvalue weighted by Crippen LogP contribution is -2.25. The molecule has 2 aliphatic rings. The number of nitrogens with zero attached hydrogens (tertiary/aromatic N) is 4. The van der Waals surface area contributed by atoms with Crippen molar-refractivity contribution in [2.45, 2.75) is 44.8 Å². The Morgan fingerprint density at radius 1 is 1.32 bits per heavy atom. The molecule has 4 rings (SSSR count). The molecule has 0 spiro atoms. The standard InChI is InChI=1S/C14H19N5/c1-5-16-18(7-1)8-9-19-13-4-6-15-10-12(13)17-14(19)11-2-3-11/h1,5,7,11,15H,2-4,6,8-10H2. The summed E-state index contributed by atoms with van der Waals surface area (Å²) in [5, 5.41) is 7.71. The fourth-order valence-electron chi connectivity index (χ4n) is 2.93. The summed E-state index contributed by atoms with van der Waals surface area (Å²) < 4.78 is 4.47. The van der Waals surface area contributed by atoms with Gasteiger partial charge in [0.2, 0.25) is 0 Å². The van der Waals surface area contributed by atoms with Crippen LogP contribution in [-0.2, 0) is 26.1 Å². The van der Waals surface area contributed by atoms with Crippen LogP contribution < -0.4 is 5.32 Å². The first-order valence-electron chi connectivity index (χ1n) is 7.18. The number of fused-ring (bicyclic) bond motifs is 1. The molecular formula is C14H19N5. The van der Waals surface area contributed by atoms with Crippen LogP contribution in [-0.4, -0.2) is 25.9 Å². The molecule has 2 aromatic heterocycles. The van der Waals surface area contributed by atoms with Crippen molar-refractivity contribution < 1.29 is 0 Å². The molecule has 1 aliphatic heterocycles. The van der Waals surface area contributed by atoms with Gasteiger partial charge in [-0.3, -0.25) is 4.68 Å². The second-order valence-corrected chi connectivity index (χ2v) is 5.49. The zero-order valence-electron chi connectivity index (χ0n) is 11.0. The number of imidazole rings is 1. The third kappa shape index (κ3) is 2.08. The molecule has 5 heteroatoms. The van der Waals surface area contributed by atoms with Gasteiger partial charge in [0.15, 0.2) is 0 Å². The Morgan fingerprint density at radius 2 is 2.26 bits per heavy atom. The zero-order valence-corrected chi connectivity index (χ0v) is 11.0. The third-order valence-electron chi connectivity index (χ3n) is 4.07. The van der Waals surface area contributed by atoms with Crippen LogP contribution in [0.2, 0.25) is 0 Å². The Balaban J connectivity index is 1.62. The molecule has 0 amide bonds. The highest BCUT2D eigenvalue weighted by Gasteiger charge is 2.31. The van der Waals surface area contributed by atoms with Crippen LogP contribution in [0.4, 0.5) is 0 Å². The first-order chi connectivity index (χ1) is 9.42. The minimum atomic E-state index is 0.711. The van der Waals surface area contributed by atoms with E-state index in [2.05, 4.69) is 15.0 Å². The Bertz CT molecular complexity index is 565. The average Bonchev–Trinajstić information content (AvgIpc) is 3.02. The molecule has 3 heterocycles. The molecule has 2 aromatic rings. The summed E-state index contributed by atoms with van der Waals surface area (Å²) in [5.74, 6) is 2.03. The summed E-state index contributed by atoms with van der Waals surface area (Å²) in [7, 11) is 0. The maximum atomic E-state index is 4.88. The van der Waals surface area contributed by atoms with E-state index in [1.54, 1.807) is 0 Å². The van der Waals surface area contributed by atoms with Gasteiger partial charge in [0.25, 0.3) is 0 Å². The maximum Gasteiger partial charge on any atom is 0.112 e. The summed E-state index contributed by atoms with van der Waals surface area (Å²) in [4.78, 5) is 4.88. The van der Waals surface area contributed by atoms with Crippen molar-refractivity contribution in [1.29, 1.82) is 0 Å². The number of rotatable bonds is 4. The zero-order chi connectivity index (χ0) is 12.7. The fourth-order valence-corrected chi connectivity index (χ4v) is 2.93. The highest BCUT2D eigenvalue weighted by atomic mass is 15.3. The first-order valence-corrected chi connectivity index (χ1v) is 7.18. The van der Waals surface area contributed by atoms with Gasteiger partial charge in [-0.05, 0) is 18.9 Å². The van der Waals surface area contributed by atoms with Gasteiger partial charge in [-0.15, -0.1) is 0 Å². The monoisotopic (exact) mass is 257 g/mol. The lowest BCUT2D eigenvalue weighted by Gasteiger charge is -2.16. The van der Waals surface area contributed by atoms with Crippen molar-refractivity contribution >= 4 is 0 Å². The molecule has 0 bridgehead atoms. The minimum Gasteiger partial charge on any atom is -0.330 e. The highest BCUT2D eigenvalue weighted by Crippen LogP contribution is 2.40. The Kier molecular flexibility index (Phi) is 2.65. The summed E-state index contributed by atoms with van der Waals surface area (Å²) in [6.45, 7) is 3.94. The van der Waals surface area contributed by atoms with E-state index in [4.69, 9.17) is 4.98 Å². The molecule has 1 fully saturated rings. The van der Waals surface area contributed by atoms with Crippen LogP contribution in [0.15, 0.2) is 18.5 Å². The normalized spacial score (nSPS) is 18.5. The van der Waals surface area contributed by atoms with Gasteiger partial charge < -0.3 is 9.88 Å². The van der Waals surface area contributed by atoms with Gasteiger partial charge in [0, 0.05) is 50.1 Å². The van der Waals surface area contributed by atoms with Gasteiger partial charge in [-0.25, -0.2) is 4.98 Å². The molecule has 100 valence electrons. The van der Waals surface area contributed by atoms with Crippen LogP contribution in [0.5, 0.6) is 0 Å². The number of aromatic nitrogens is 4. The topological polar surface area (TPSA) is 47.7 Å². The van der Waals surface area contributed by atoms with E-state index in [1.165, 1.54) is 30.1 Å². The lowest BCUT2D eigenvalue weighted by atomic mass is 10.2. The molecule has 19 heavy (non-hydrogen) atoms. The van der Waals surface area contributed by atoms with Crippen molar-refractivity contribution in [2.24, 2.45) is 0 Å². The second kappa shape index (κ2) is 4.49. The summed E-state index contributed by atoms with van der Waals surface area (Å²) >= 11 is 0. The molecule has 1 N–H and O–H groups in total. The second-order valence-electron chi connectivity index (χ2n) is 5.49. The van der Waals surface area contributed by atoms with Crippen molar-refractivity contribution in [3.63, 3.8) is 0 Å². The molecule has 0 unspecified atom stereocenters. The van der Waals surface area contributed by atoms with Gasteiger partial charge in [0.1, 0.15) is 5.82 Å². The minimum absolute atomic E-state index is 0.711. The van der Waals surface area contributed by atoms with E-state index >= 15 is 0 Å². The molecule has 1 saturated carbocycles. The van der Waals surface area contributed by atoms with E-state index in [-0.39, 0.29) is 0 Å². The van der Waals surface area contributed by atoms with Crippen LogP contribution in [0.1, 0.15) is 36.0 Å². The van der Waals surface area contributed by atoms with Gasteiger partial charge in [-0.2, -0.15) is 5.10 Å². The molecule has 0 radical (unpaired) electrons. The predicted octanol–water partition coefficient (Wildman–Crippen LogP) is 1.30. The smallest absolute Gasteiger partial charge is 0.112 e. The Labute approximate surface area is 112 Å². The molecule has 1 aliphatic carbocycles. The Morgan fingerprint density at radius 3 is 3.05 bits per heavy atom. The SMILES string of the molecule is c1cnn(CCn2c(C3CC3)nc3c2CCNC3)c1. The van der Waals surface area contributed by atoms with Gasteiger partial charge in [-0.1, -0.05) is 0 Å². The van der Waals surface area contributed by atoms with Crippen LogP contribution >= 0.6 is 0 Å². The number of aryl methyl sites for hydroxylation is 1. The predicted molar refractivity (Wildman–Crippen MR) is 71.8 cm³/mol. The molecule has 0 aromatic carbocycles. The highest BCUT2D eigenvalue weighted by molar-refractivity contribution is 5.24. The van der Waals surface area contributed by atoms with E-state index in [0.717, 1.165) is 32.6 Å². The molecule has 0 atom stereocenters. The van der Waals surface area contributed by atoms with E-state index in [1.807, 2.05) is 23.1 Å². The lowest BCUT2D eigenvalue weighted by molar-refractivity contribution is 0.500. The van der Waals surface area contributed by atoms with Gasteiger partial charge in [0.05, 0.1) is 12.2 Å². The maximum absolute atomic E-state index is 4.88. The number of hydrogen-bond donors (Lipinski definition) is 1. The first kappa shape index (κ1) is 11.2. The molecule has 0 saturated heterocycles. The Hall–Kier alpha value is -1.62. The van der Waals surface area contributed by atoms with E-state index in [0.29, 0.717) is 5.92 Å². The largest absolute Gasteiger partial charge is 0.330 e. The van der Waals surface area contributed by atoms with Crippen molar-refractivity contribution in [3.8, 4) is 0 Å². The van der Waals surface area contributed by atoms with Crippen LogP contribution in [0, 0.1) is 0 Å². The van der Waals surface area contributed by atoms with Crippen molar-refractivity contribution in [2.75, 3.05) is 6.54 Å². The summed E-state index contributed by atoms with van der Waals surface area (Å²) in [6.07, 6.45) is 7.60. The molecule has 5 nitrogen and oxygen atoms in total. The van der Waals surface area contributed by atoms with Crippen molar-refractivity contribution in [1.82, 2.24) is 24.6 Å². The quantitative estimate of drug-likeness (QED) is 0.898. The van der Waals surface area contributed by atoms with E-state index < -0.39 is 0 Å². The molecular weight excluding hydrogens is 238 g/mol. The summed E-state index contributed by atoms with van der Waals surface area (Å²) in [5.41, 5.74) is 2.72. The third-order valence-corrected chi connectivity index (χ3v) is 4.07. The van der Waals surface area contributed by atoms with Crippen molar-refractivity contribution in [3.05, 3.63) is 35.7 Å². The number of nitrogens with one attached hydrogen (secondary N) is 1. The van der Waals surface area contributed by atoms with E-state index in [9.17, 15) is 0 Å². The average molecular weight is 257 g/mol. The van der Waals surface area contributed by atoms with Crippen LogP contribution in [0.3, 0.4) is 0 Å². The summed E-state index contributed by atoms with van der Waals surface area (Å²) in [6, 6.07) is 1.98. The van der Waals surface area contributed by atoms with Gasteiger partial charge >= 0.3 is 0 Å². The number of hydrogen-bond acceptors (Lipinski definition) is 3.